The van der Waals surface area contributed by atoms with Gasteiger partial charge in [-0.05, 0) is 35.4 Å². The second-order valence-corrected chi connectivity index (χ2v) is 4.67. The van der Waals surface area contributed by atoms with E-state index in [1.165, 1.54) is 0 Å². The predicted molar refractivity (Wildman–Crippen MR) is 77.4 cm³/mol. The van der Waals surface area contributed by atoms with Gasteiger partial charge in [0, 0.05) is 5.02 Å². The van der Waals surface area contributed by atoms with Gasteiger partial charge in [-0.25, -0.2) is 0 Å². The summed E-state index contributed by atoms with van der Waals surface area (Å²) >= 11 is 11.8. The number of halogens is 2. The summed E-state index contributed by atoms with van der Waals surface area (Å²) in [6.07, 6.45) is 0. The van der Waals surface area contributed by atoms with Crippen LogP contribution in [0.15, 0.2) is 55.1 Å². The summed E-state index contributed by atoms with van der Waals surface area (Å²) in [5, 5.41) is 1.31. The Morgan fingerprint density at radius 3 is 2.33 bits per heavy atom. The third-order valence-corrected chi connectivity index (χ3v) is 3.06. The molecule has 0 amide bonds. The molecule has 0 heterocycles. The molecule has 0 aliphatic carbocycles. The first kappa shape index (κ1) is 13.0. The van der Waals surface area contributed by atoms with Crippen LogP contribution in [0.3, 0.4) is 0 Å². The highest BCUT2D eigenvalue weighted by Gasteiger charge is 2.03. The van der Waals surface area contributed by atoms with Crippen LogP contribution >= 0.6 is 23.2 Å². The minimum Gasteiger partial charge on any atom is -0.487 e. The van der Waals surface area contributed by atoms with E-state index in [-0.39, 0.29) is 0 Å². The van der Waals surface area contributed by atoms with Gasteiger partial charge in [-0.3, -0.25) is 0 Å². The maximum absolute atomic E-state index is 6.00. The lowest BCUT2D eigenvalue weighted by atomic mass is 10.1. The summed E-state index contributed by atoms with van der Waals surface area (Å²) in [4.78, 5) is 0. The standard InChI is InChI=1S/C15H12Cl2O/c1-11(12-6-8-13(16)9-7-12)10-18-15-5-3-2-4-14(15)17/h2-9H,1,10H2. The van der Waals surface area contributed by atoms with E-state index in [0.717, 1.165) is 11.1 Å². The Morgan fingerprint density at radius 1 is 1.00 bits per heavy atom. The van der Waals surface area contributed by atoms with Crippen molar-refractivity contribution in [2.75, 3.05) is 6.61 Å². The molecule has 3 heteroatoms. The second-order valence-electron chi connectivity index (χ2n) is 3.83. The van der Waals surface area contributed by atoms with Crippen LogP contribution in [0.2, 0.25) is 10.0 Å². The molecule has 1 nitrogen and oxygen atoms in total. The Morgan fingerprint density at radius 2 is 1.67 bits per heavy atom. The summed E-state index contributed by atoms with van der Waals surface area (Å²) in [6, 6.07) is 14.9. The number of benzene rings is 2. The maximum atomic E-state index is 6.00. The monoisotopic (exact) mass is 278 g/mol. The zero-order valence-electron chi connectivity index (χ0n) is 9.70. The average Bonchev–Trinajstić information content (AvgIpc) is 2.38. The molecule has 0 bridgehead atoms. The van der Waals surface area contributed by atoms with Crippen LogP contribution in [-0.4, -0.2) is 6.61 Å². The van der Waals surface area contributed by atoms with E-state index in [4.69, 9.17) is 27.9 Å². The van der Waals surface area contributed by atoms with Crippen LogP contribution in [0.1, 0.15) is 5.56 Å². The molecule has 0 aromatic heterocycles. The number of hydrogen-bond donors (Lipinski definition) is 0. The molecule has 0 fully saturated rings. The zero-order chi connectivity index (χ0) is 13.0. The van der Waals surface area contributed by atoms with Gasteiger partial charge in [-0.1, -0.05) is 54.0 Å². The van der Waals surface area contributed by atoms with E-state index >= 15 is 0 Å². The Bertz CT molecular complexity index is 547. The zero-order valence-corrected chi connectivity index (χ0v) is 11.2. The largest absolute Gasteiger partial charge is 0.487 e. The molecule has 0 aliphatic rings. The van der Waals surface area contributed by atoms with Crippen LogP contribution in [0.4, 0.5) is 0 Å². The van der Waals surface area contributed by atoms with E-state index < -0.39 is 0 Å². The van der Waals surface area contributed by atoms with E-state index in [2.05, 4.69) is 6.58 Å². The molecule has 0 saturated heterocycles. The number of rotatable bonds is 4. The van der Waals surface area contributed by atoms with Crippen molar-refractivity contribution in [1.82, 2.24) is 0 Å². The van der Waals surface area contributed by atoms with Crippen molar-refractivity contribution < 1.29 is 4.74 Å². The molecule has 0 aliphatic heterocycles. The molecule has 18 heavy (non-hydrogen) atoms. The van der Waals surface area contributed by atoms with Crippen molar-refractivity contribution in [3.63, 3.8) is 0 Å². The highest BCUT2D eigenvalue weighted by molar-refractivity contribution is 6.32. The molecule has 0 unspecified atom stereocenters. The lowest BCUT2D eigenvalue weighted by Gasteiger charge is -2.10. The number of hydrogen-bond acceptors (Lipinski definition) is 1. The van der Waals surface area contributed by atoms with Crippen molar-refractivity contribution in [2.24, 2.45) is 0 Å². The van der Waals surface area contributed by atoms with Gasteiger partial charge in [0.1, 0.15) is 12.4 Å². The van der Waals surface area contributed by atoms with Gasteiger partial charge >= 0.3 is 0 Å². The molecule has 92 valence electrons. The molecule has 2 aromatic rings. The van der Waals surface area contributed by atoms with E-state index in [1.807, 2.05) is 42.5 Å². The lowest BCUT2D eigenvalue weighted by Crippen LogP contribution is -2.00. The van der Waals surface area contributed by atoms with Crippen molar-refractivity contribution in [3.05, 3.63) is 70.7 Å². The summed E-state index contributed by atoms with van der Waals surface area (Å²) in [5.41, 5.74) is 1.89. The summed E-state index contributed by atoms with van der Waals surface area (Å²) in [5.74, 6) is 0.661. The van der Waals surface area contributed by atoms with Crippen molar-refractivity contribution in [2.45, 2.75) is 0 Å². The van der Waals surface area contributed by atoms with Gasteiger partial charge in [0.15, 0.2) is 0 Å². The molecule has 0 spiro atoms. The topological polar surface area (TPSA) is 9.23 Å². The fourth-order valence-corrected chi connectivity index (χ4v) is 1.81. The minimum absolute atomic E-state index is 0.394. The molecule has 0 saturated carbocycles. The predicted octanol–water partition coefficient (Wildman–Crippen LogP) is 5.09. The third-order valence-electron chi connectivity index (χ3n) is 2.49. The summed E-state index contributed by atoms with van der Waals surface area (Å²) in [7, 11) is 0. The molecular formula is C15H12Cl2O. The van der Waals surface area contributed by atoms with Gasteiger partial charge in [0.05, 0.1) is 5.02 Å². The van der Waals surface area contributed by atoms with Crippen LogP contribution in [0.5, 0.6) is 5.75 Å². The number of para-hydroxylation sites is 1. The van der Waals surface area contributed by atoms with Gasteiger partial charge in [0.2, 0.25) is 0 Å². The maximum Gasteiger partial charge on any atom is 0.138 e. The minimum atomic E-state index is 0.394. The second kappa shape index (κ2) is 5.94. The van der Waals surface area contributed by atoms with E-state index in [1.54, 1.807) is 6.07 Å². The first-order valence-electron chi connectivity index (χ1n) is 5.48. The molecule has 0 radical (unpaired) electrons. The molecular weight excluding hydrogens is 267 g/mol. The fourth-order valence-electron chi connectivity index (χ4n) is 1.50. The highest BCUT2D eigenvalue weighted by atomic mass is 35.5. The van der Waals surface area contributed by atoms with Crippen LogP contribution in [0.25, 0.3) is 5.57 Å². The van der Waals surface area contributed by atoms with Gasteiger partial charge in [-0.2, -0.15) is 0 Å². The molecule has 2 rings (SSSR count). The highest BCUT2D eigenvalue weighted by Crippen LogP contribution is 2.24. The van der Waals surface area contributed by atoms with Crippen molar-refractivity contribution in [1.29, 1.82) is 0 Å². The third kappa shape index (κ3) is 3.28. The molecule has 2 aromatic carbocycles. The van der Waals surface area contributed by atoms with Gasteiger partial charge < -0.3 is 4.74 Å². The fraction of sp³-hybridized carbons (Fsp3) is 0.0667. The first-order valence-corrected chi connectivity index (χ1v) is 6.23. The Labute approximate surface area is 117 Å². The van der Waals surface area contributed by atoms with E-state index in [0.29, 0.717) is 22.4 Å². The quantitative estimate of drug-likeness (QED) is 0.757. The van der Waals surface area contributed by atoms with Gasteiger partial charge in [-0.15, -0.1) is 0 Å². The Balaban J connectivity index is 2.01. The van der Waals surface area contributed by atoms with Crippen molar-refractivity contribution >= 4 is 28.8 Å². The van der Waals surface area contributed by atoms with Gasteiger partial charge in [0.25, 0.3) is 0 Å². The molecule has 0 atom stereocenters. The normalized spacial score (nSPS) is 10.1. The smallest absolute Gasteiger partial charge is 0.138 e. The SMILES string of the molecule is C=C(COc1ccccc1Cl)c1ccc(Cl)cc1. The van der Waals surface area contributed by atoms with E-state index in [9.17, 15) is 0 Å². The summed E-state index contributed by atoms with van der Waals surface area (Å²) in [6.45, 7) is 4.38. The van der Waals surface area contributed by atoms with Crippen LogP contribution < -0.4 is 4.74 Å². The number of ether oxygens (including phenoxy) is 1. The lowest BCUT2D eigenvalue weighted by molar-refractivity contribution is 0.370. The first-order chi connectivity index (χ1) is 8.66. The molecule has 0 N–H and O–H groups in total. The Hall–Kier alpha value is -1.44. The summed E-state index contributed by atoms with van der Waals surface area (Å²) < 4.78 is 5.62. The van der Waals surface area contributed by atoms with Crippen LogP contribution in [-0.2, 0) is 0 Å². The van der Waals surface area contributed by atoms with Crippen LogP contribution in [0, 0.1) is 0 Å². The average molecular weight is 279 g/mol. The Kier molecular flexibility index (Phi) is 4.29. The van der Waals surface area contributed by atoms with Crippen molar-refractivity contribution in [3.8, 4) is 5.75 Å².